The van der Waals surface area contributed by atoms with Gasteiger partial charge in [0.2, 0.25) is 5.88 Å². The van der Waals surface area contributed by atoms with E-state index in [1.807, 2.05) is 0 Å². The van der Waals surface area contributed by atoms with Gasteiger partial charge < -0.3 is 9.47 Å². The second-order valence-corrected chi connectivity index (χ2v) is 7.03. The largest absolute Gasteiger partial charge is 0.467 e. The van der Waals surface area contributed by atoms with Gasteiger partial charge in [-0.3, -0.25) is 24.6 Å². The van der Waals surface area contributed by atoms with E-state index in [4.69, 9.17) is 4.74 Å². The number of benzene rings is 1. The number of esters is 1. The number of carbonyl (C=O) groups is 3. The van der Waals surface area contributed by atoms with Crippen molar-refractivity contribution in [2.45, 2.75) is 13.0 Å². The van der Waals surface area contributed by atoms with Gasteiger partial charge in [0.25, 0.3) is 16.8 Å². The molecule has 2 amide bonds. The third kappa shape index (κ3) is 4.46. The highest BCUT2D eigenvalue weighted by Gasteiger charge is 2.41. The number of nitro groups is 1. The summed E-state index contributed by atoms with van der Waals surface area (Å²) in [6.45, 7) is 1.42. The van der Waals surface area contributed by atoms with Crippen molar-refractivity contribution in [2.75, 3.05) is 7.11 Å². The summed E-state index contributed by atoms with van der Waals surface area (Å²) in [7, 11) is 1.18. The molecule has 0 aliphatic carbocycles. The van der Waals surface area contributed by atoms with Gasteiger partial charge in [0, 0.05) is 12.1 Å². The summed E-state index contributed by atoms with van der Waals surface area (Å²) in [6, 6.07) is 8.22. The Balaban J connectivity index is 1.71. The predicted molar refractivity (Wildman–Crippen MR) is 107 cm³/mol. The SMILES string of the molecule is COC(=O)[C@@H](C)N1C(=O)S/C(=C\c2ccc(Oc3ccc([N+](=O)[O-])cn3)cc2)C1=O. The number of methoxy groups -OCH3 is 1. The lowest BCUT2D eigenvalue weighted by Crippen LogP contribution is -2.42. The maximum Gasteiger partial charge on any atom is 0.328 e. The number of imide groups is 1. The quantitative estimate of drug-likeness (QED) is 0.294. The van der Waals surface area contributed by atoms with Crippen LogP contribution >= 0.6 is 11.8 Å². The summed E-state index contributed by atoms with van der Waals surface area (Å²) in [5.74, 6) is -0.634. The number of hydrogen-bond donors (Lipinski definition) is 0. The van der Waals surface area contributed by atoms with Crippen LogP contribution in [0.5, 0.6) is 11.6 Å². The second-order valence-electron chi connectivity index (χ2n) is 6.03. The van der Waals surface area contributed by atoms with Gasteiger partial charge in [0.1, 0.15) is 18.0 Å². The molecule has 0 radical (unpaired) electrons. The molecule has 0 saturated carbocycles. The summed E-state index contributed by atoms with van der Waals surface area (Å²) < 4.78 is 10.1. The first-order valence-corrected chi connectivity index (χ1v) is 9.35. The van der Waals surface area contributed by atoms with Gasteiger partial charge in [0.15, 0.2) is 0 Å². The molecule has 1 aromatic carbocycles. The van der Waals surface area contributed by atoms with Crippen LogP contribution < -0.4 is 4.74 Å². The van der Waals surface area contributed by atoms with Crippen LogP contribution in [0.15, 0.2) is 47.5 Å². The average Bonchev–Trinajstić information content (AvgIpc) is 3.01. The van der Waals surface area contributed by atoms with Gasteiger partial charge >= 0.3 is 5.97 Å². The van der Waals surface area contributed by atoms with Crippen molar-refractivity contribution in [3.8, 4) is 11.6 Å². The fourth-order valence-corrected chi connectivity index (χ4v) is 3.44. The number of carbonyl (C=O) groups excluding carboxylic acids is 3. The van der Waals surface area contributed by atoms with Crippen LogP contribution in [-0.4, -0.2) is 45.1 Å². The van der Waals surface area contributed by atoms with Crippen molar-refractivity contribution in [1.29, 1.82) is 0 Å². The fraction of sp³-hybridized carbons (Fsp3) is 0.158. The molecule has 30 heavy (non-hydrogen) atoms. The molecule has 11 heteroatoms. The third-order valence-corrected chi connectivity index (χ3v) is 4.97. The Morgan fingerprint density at radius 2 is 1.93 bits per heavy atom. The molecule has 1 atom stereocenters. The van der Waals surface area contributed by atoms with Gasteiger partial charge in [-0.2, -0.15) is 0 Å². The Morgan fingerprint density at radius 3 is 2.50 bits per heavy atom. The van der Waals surface area contributed by atoms with E-state index in [0.717, 1.165) is 22.9 Å². The third-order valence-electron chi connectivity index (χ3n) is 4.08. The Bertz CT molecular complexity index is 1040. The number of pyridine rings is 1. The zero-order valence-electron chi connectivity index (χ0n) is 15.8. The van der Waals surface area contributed by atoms with Gasteiger partial charge in [-0.25, -0.2) is 9.78 Å². The topological polar surface area (TPSA) is 129 Å². The molecule has 2 aromatic rings. The Morgan fingerprint density at radius 1 is 1.23 bits per heavy atom. The molecule has 0 N–H and O–H groups in total. The van der Waals surface area contributed by atoms with Crippen molar-refractivity contribution in [1.82, 2.24) is 9.88 Å². The van der Waals surface area contributed by atoms with Crippen molar-refractivity contribution >= 4 is 40.6 Å². The summed E-state index contributed by atoms with van der Waals surface area (Å²) in [6.07, 6.45) is 2.62. The monoisotopic (exact) mass is 429 g/mol. The molecule has 10 nitrogen and oxygen atoms in total. The fourth-order valence-electron chi connectivity index (χ4n) is 2.53. The minimum Gasteiger partial charge on any atom is -0.467 e. The normalized spacial score (nSPS) is 15.9. The van der Waals surface area contributed by atoms with E-state index < -0.39 is 28.1 Å². The number of rotatable bonds is 6. The van der Waals surface area contributed by atoms with Crippen molar-refractivity contribution in [3.63, 3.8) is 0 Å². The molecular formula is C19H15N3O7S. The molecule has 0 unspecified atom stereocenters. The van der Waals surface area contributed by atoms with Crippen molar-refractivity contribution in [3.05, 3.63) is 63.2 Å². The number of amides is 2. The maximum absolute atomic E-state index is 12.5. The summed E-state index contributed by atoms with van der Waals surface area (Å²) in [5.41, 5.74) is 0.489. The van der Waals surface area contributed by atoms with Gasteiger partial charge in [-0.1, -0.05) is 12.1 Å². The average molecular weight is 429 g/mol. The first kappa shape index (κ1) is 21.0. The van der Waals surface area contributed by atoms with E-state index in [-0.39, 0.29) is 16.5 Å². The first-order chi connectivity index (χ1) is 14.3. The molecule has 0 spiro atoms. The van der Waals surface area contributed by atoms with Gasteiger partial charge in [-0.05, 0) is 42.5 Å². The summed E-state index contributed by atoms with van der Waals surface area (Å²) in [5, 5.41) is 10.1. The van der Waals surface area contributed by atoms with Crippen LogP contribution in [0.3, 0.4) is 0 Å². The van der Waals surface area contributed by atoms with E-state index in [2.05, 4.69) is 9.72 Å². The van der Waals surface area contributed by atoms with Crippen LogP contribution in [-0.2, 0) is 14.3 Å². The van der Waals surface area contributed by atoms with Gasteiger partial charge in [-0.15, -0.1) is 0 Å². The van der Waals surface area contributed by atoms with Crippen molar-refractivity contribution in [2.24, 2.45) is 0 Å². The molecule has 1 aliphatic heterocycles. The smallest absolute Gasteiger partial charge is 0.328 e. The molecule has 1 aromatic heterocycles. The number of thioether (sulfide) groups is 1. The van der Waals surface area contributed by atoms with Crippen LogP contribution in [0, 0.1) is 10.1 Å². The molecule has 154 valence electrons. The Labute approximate surface area is 174 Å². The number of hydrogen-bond acceptors (Lipinski definition) is 9. The molecule has 0 bridgehead atoms. The second kappa shape index (κ2) is 8.74. The van der Waals surface area contributed by atoms with E-state index in [0.29, 0.717) is 11.3 Å². The highest BCUT2D eigenvalue weighted by molar-refractivity contribution is 8.18. The van der Waals surface area contributed by atoms with E-state index >= 15 is 0 Å². The van der Waals surface area contributed by atoms with Crippen LogP contribution in [0.1, 0.15) is 12.5 Å². The highest BCUT2D eigenvalue weighted by atomic mass is 32.2. The lowest BCUT2D eigenvalue weighted by Gasteiger charge is -2.18. The number of nitrogens with zero attached hydrogens (tertiary/aromatic N) is 3. The minimum atomic E-state index is -1.02. The van der Waals surface area contributed by atoms with Crippen LogP contribution in [0.4, 0.5) is 10.5 Å². The molecule has 2 heterocycles. The lowest BCUT2D eigenvalue weighted by atomic mass is 10.2. The van der Waals surface area contributed by atoms with Crippen LogP contribution in [0.25, 0.3) is 6.08 Å². The molecular weight excluding hydrogens is 414 g/mol. The van der Waals surface area contributed by atoms with E-state index in [9.17, 15) is 24.5 Å². The lowest BCUT2D eigenvalue weighted by molar-refractivity contribution is -0.385. The minimum absolute atomic E-state index is 0.145. The summed E-state index contributed by atoms with van der Waals surface area (Å²) >= 11 is 0.738. The summed E-state index contributed by atoms with van der Waals surface area (Å²) in [4.78, 5) is 51.3. The molecule has 1 saturated heterocycles. The molecule has 1 fully saturated rings. The van der Waals surface area contributed by atoms with Crippen molar-refractivity contribution < 1.29 is 28.8 Å². The number of ether oxygens (including phenoxy) is 2. The standard InChI is InChI=1S/C19H15N3O7S/c1-11(18(24)28-2)21-17(23)15(30-19(21)25)9-12-3-6-14(7-4-12)29-16-8-5-13(10-20-16)22(26)27/h3-11H,1-2H3/b15-9-/t11-/m1/s1. The number of aromatic nitrogens is 1. The maximum atomic E-state index is 12.5. The van der Waals surface area contributed by atoms with Crippen LogP contribution in [0.2, 0.25) is 0 Å². The Hall–Kier alpha value is -3.73. The highest BCUT2D eigenvalue weighted by Crippen LogP contribution is 2.34. The zero-order chi connectivity index (χ0) is 21.8. The predicted octanol–water partition coefficient (Wildman–Crippen LogP) is 3.38. The first-order valence-electron chi connectivity index (χ1n) is 8.53. The van der Waals surface area contributed by atoms with Gasteiger partial charge in [0.05, 0.1) is 16.9 Å². The Kier molecular flexibility index (Phi) is 6.11. The molecule has 1 aliphatic rings. The van der Waals surface area contributed by atoms with E-state index in [1.165, 1.54) is 32.2 Å². The molecule has 3 rings (SSSR count). The van der Waals surface area contributed by atoms with E-state index in [1.54, 1.807) is 24.3 Å². The zero-order valence-corrected chi connectivity index (χ0v) is 16.6.